The third-order valence-corrected chi connectivity index (χ3v) is 2.69. The second-order valence-corrected chi connectivity index (χ2v) is 4.18. The Morgan fingerprint density at radius 1 is 1.39 bits per heavy atom. The van der Waals surface area contributed by atoms with Crippen LogP contribution in [0.5, 0.6) is 0 Å². The molecule has 4 nitrogen and oxygen atoms in total. The number of rotatable bonds is 7. The highest BCUT2D eigenvalue weighted by Gasteiger charge is 2.12. The fourth-order valence-electron chi connectivity index (χ4n) is 1.61. The van der Waals surface area contributed by atoms with E-state index in [9.17, 15) is 4.79 Å². The maximum atomic E-state index is 11.6. The first kappa shape index (κ1) is 14.2. The van der Waals surface area contributed by atoms with E-state index in [1.807, 2.05) is 36.4 Å². The predicted octanol–water partition coefficient (Wildman–Crippen LogP) is 1.37. The molecule has 1 aromatic rings. The summed E-state index contributed by atoms with van der Waals surface area (Å²) in [5.41, 5.74) is 6.99. The fourth-order valence-corrected chi connectivity index (χ4v) is 1.61. The van der Waals surface area contributed by atoms with Crippen molar-refractivity contribution in [1.82, 2.24) is 5.32 Å². The molecule has 0 saturated heterocycles. The first-order chi connectivity index (χ1) is 8.74. The van der Waals surface area contributed by atoms with Crippen LogP contribution < -0.4 is 11.1 Å². The monoisotopic (exact) mass is 245 g/mol. The first-order valence-electron chi connectivity index (χ1n) is 6.18. The Bertz CT molecular complexity index is 397. The van der Waals surface area contributed by atoms with Gasteiger partial charge in [-0.3, -0.25) is 4.79 Å². The molecule has 0 aliphatic rings. The minimum atomic E-state index is -0.479. The number of carbonyl (C=O) groups is 1. The third kappa shape index (κ3) is 5.46. The van der Waals surface area contributed by atoms with Gasteiger partial charge < -0.3 is 11.1 Å². The Morgan fingerprint density at radius 3 is 2.78 bits per heavy atom. The highest BCUT2D eigenvalue weighted by Crippen LogP contribution is 2.04. The smallest absolute Gasteiger partial charge is 0.236 e. The molecule has 1 atom stereocenters. The number of nitrogens with zero attached hydrogens (tertiary/aromatic N) is 1. The number of benzene rings is 1. The molecule has 0 unspecified atom stereocenters. The largest absolute Gasteiger partial charge is 0.355 e. The van der Waals surface area contributed by atoms with E-state index in [1.165, 1.54) is 5.56 Å². The van der Waals surface area contributed by atoms with Crippen LogP contribution in [-0.4, -0.2) is 18.5 Å². The average molecular weight is 245 g/mol. The molecule has 0 radical (unpaired) electrons. The Labute approximate surface area is 108 Å². The number of hydrogen-bond donors (Lipinski definition) is 2. The van der Waals surface area contributed by atoms with Crippen molar-refractivity contribution in [3.8, 4) is 6.07 Å². The number of nitrogens with two attached hydrogens (primary N) is 1. The van der Waals surface area contributed by atoms with Crippen molar-refractivity contribution in [2.75, 3.05) is 6.54 Å². The van der Waals surface area contributed by atoms with Crippen molar-refractivity contribution in [3.05, 3.63) is 35.9 Å². The Balaban J connectivity index is 2.22. The van der Waals surface area contributed by atoms with Crippen molar-refractivity contribution < 1.29 is 4.79 Å². The lowest BCUT2D eigenvalue weighted by Gasteiger charge is -2.11. The SMILES string of the molecule is N#CCCCNC(=O)[C@@H](N)CCc1ccccc1. The summed E-state index contributed by atoms with van der Waals surface area (Å²) in [6, 6.07) is 11.5. The molecular formula is C14H19N3O. The molecule has 96 valence electrons. The lowest BCUT2D eigenvalue weighted by molar-refractivity contribution is -0.122. The van der Waals surface area contributed by atoms with Crippen molar-refractivity contribution in [2.24, 2.45) is 5.73 Å². The normalized spacial score (nSPS) is 11.6. The van der Waals surface area contributed by atoms with Crippen molar-refractivity contribution in [2.45, 2.75) is 31.7 Å². The van der Waals surface area contributed by atoms with Gasteiger partial charge in [0.1, 0.15) is 0 Å². The van der Waals surface area contributed by atoms with Gasteiger partial charge in [0.2, 0.25) is 5.91 Å². The number of nitrogens with one attached hydrogen (secondary N) is 1. The topological polar surface area (TPSA) is 78.9 Å². The van der Waals surface area contributed by atoms with Gasteiger partial charge in [0.25, 0.3) is 0 Å². The summed E-state index contributed by atoms with van der Waals surface area (Å²) in [5, 5.41) is 11.1. The fraction of sp³-hybridized carbons (Fsp3) is 0.429. The van der Waals surface area contributed by atoms with Crippen molar-refractivity contribution in [3.63, 3.8) is 0 Å². The van der Waals surface area contributed by atoms with E-state index in [1.54, 1.807) is 0 Å². The van der Waals surface area contributed by atoms with Crippen LogP contribution in [0.4, 0.5) is 0 Å². The zero-order chi connectivity index (χ0) is 13.2. The molecule has 0 bridgehead atoms. The van der Waals surface area contributed by atoms with Gasteiger partial charge in [0.15, 0.2) is 0 Å². The van der Waals surface area contributed by atoms with Gasteiger partial charge in [0.05, 0.1) is 12.1 Å². The summed E-state index contributed by atoms with van der Waals surface area (Å²) in [6.45, 7) is 0.519. The molecule has 0 saturated carbocycles. The summed E-state index contributed by atoms with van der Waals surface area (Å²) in [6.07, 6.45) is 2.56. The number of amides is 1. The van der Waals surface area contributed by atoms with Crippen LogP contribution in [0.25, 0.3) is 0 Å². The molecule has 1 amide bonds. The highest BCUT2D eigenvalue weighted by atomic mass is 16.2. The molecule has 0 spiro atoms. The first-order valence-corrected chi connectivity index (χ1v) is 6.18. The quantitative estimate of drug-likeness (QED) is 0.712. The minimum absolute atomic E-state index is 0.135. The van der Waals surface area contributed by atoms with Gasteiger partial charge in [-0.15, -0.1) is 0 Å². The van der Waals surface area contributed by atoms with Crippen molar-refractivity contribution >= 4 is 5.91 Å². The molecule has 1 rings (SSSR count). The molecule has 4 heteroatoms. The second-order valence-electron chi connectivity index (χ2n) is 4.18. The summed E-state index contributed by atoms with van der Waals surface area (Å²) in [4.78, 5) is 11.6. The zero-order valence-electron chi connectivity index (χ0n) is 10.4. The van der Waals surface area contributed by atoms with Crippen LogP contribution in [0.3, 0.4) is 0 Å². The Morgan fingerprint density at radius 2 is 2.11 bits per heavy atom. The molecule has 18 heavy (non-hydrogen) atoms. The number of nitriles is 1. The van der Waals surface area contributed by atoms with E-state index in [0.29, 0.717) is 25.8 Å². The third-order valence-electron chi connectivity index (χ3n) is 2.69. The van der Waals surface area contributed by atoms with Gasteiger partial charge in [0, 0.05) is 13.0 Å². The lowest BCUT2D eigenvalue weighted by Crippen LogP contribution is -2.41. The second kappa shape index (κ2) is 8.26. The van der Waals surface area contributed by atoms with Crippen LogP contribution in [0, 0.1) is 11.3 Å². The van der Waals surface area contributed by atoms with E-state index in [-0.39, 0.29) is 5.91 Å². The predicted molar refractivity (Wildman–Crippen MR) is 70.6 cm³/mol. The molecule has 0 aromatic heterocycles. The van der Waals surface area contributed by atoms with Crippen LogP contribution in [0.2, 0.25) is 0 Å². The molecule has 0 fully saturated rings. The molecule has 0 aliphatic carbocycles. The maximum Gasteiger partial charge on any atom is 0.236 e. The van der Waals surface area contributed by atoms with E-state index in [0.717, 1.165) is 6.42 Å². The van der Waals surface area contributed by atoms with E-state index < -0.39 is 6.04 Å². The van der Waals surface area contributed by atoms with Crippen LogP contribution in [0.1, 0.15) is 24.8 Å². The summed E-state index contributed by atoms with van der Waals surface area (Å²) in [5.74, 6) is -0.135. The van der Waals surface area contributed by atoms with E-state index >= 15 is 0 Å². The zero-order valence-corrected chi connectivity index (χ0v) is 10.4. The van der Waals surface area contributed by atoms with Crippen molar-refractivity contribution in [1.29, 1.82) is 5.26 Å². The minimum Gasteiger partial charge on any atom is -0.355 e. The molecule has 0 heterocycles. The number of hydrogen-bond acceptors (Lipinski definition) is 3. The van der Waals surface area contributed by atoms with Gasteiger partial charge in [-0.25, -0.2) is 0 Å². The summed E-state index contributed by atoms with van der Waals surface area (Å²) >= 11 is 0. The van der Waals surface area contributed by atoms with E-state index in [4.69, 9.17) is 11.0 Å². The standard InChI is InChI=1S/C14H19N3O/c15-10-4-5-11-17-14(18)13(16)9-8-12-6-2-1-3-7-12/h1-3,6-7,13H,4-5,8-9,11,16H2,(H,17,18)/t13-/m0/s1. The number of unbranched alkanes of at least 4 members (excludes halogenated alkanes) is 1. The van der Waals surface area contributed by atoms with Gasteiger partial charge >= 0.3 is 0 Å². The number of aryl methyl sites for hydroxylation is 1. The molecule has 1 aromatic carbocycles. The molecule has 0 aliphatic heterocycles. The Kier molecular flexibility index (Phi) is 6.52. The molecular weight excluding hydrogens is 226 g/mol. The molecule has 3 N–H and O–H groups in total. The highest BCUT2D eigenvalue weighted by molar-refractivity contribution is 5.81. The maximum absolute atomic E-state index is 11.6. The Hall–Kier alpha value is -1.86. The number of carbonyl (C=O) groups excluding carboxylic acids is 1. The van der Waals surface area contributed by atoms with Crippen LogP contribution >= 0.6 is 0 Å². The van der Waals surface area contributed by atoms with Crippen LogP contribution in [-0.2, 0) is 11.2 Å². The average Bonchev–Trinajstić information content (AvgIpc) is 2.42. The van der Waals surface area contributed by atoms with Gasteiger partial charge in [-0.2, -0.15) is 5.26 Å². The summed E-state index contributed by atoms with van der Waals surface area (Å²) in [7, 11) is 0. The summed E-state index contributed by atoms with van der Waals surface area (Å²) < 4.78 is 0. The van der Waals surface area contributed by atoms with Crippen LogP contribution in [0.15, 0.2) is 30.3 Å². The lowest BCUT2D eigenvalue weighted by atomic mass is 10.1. The van der Waals surface area contributed by atoms with Gasteiger partial charge in [-0.1, -0.05) is 30.3 Å². The van der Waals surface area contributed by atoms with Gasteiger partial charge in [-0.05, 0) is 24.8 Å². The van der Waals surface area contributed by atoms with E-state index in [2.05, 4.69) is 5.32 Å².